The van der Waals surface area contributed by atoms with Crippen LogP contribution in [0.2, 0.25) is 0 Å². The fourth-order valence-corrected chi connectivity index (χ4v) is 2.19. The van der Waals surface area contributed by atoms with E-state index in [2.05, 4.69) is 34.2 Å². The highest BCUT2D eigenvalue weighted by Crippen LogP contribution is 2.10. The van der Waals surface area contributed by atoms with E-state index in [1.54, 1.807) is 0 Å². The summed E-state index contributed by atoms with van der Waals surface area (Å²) >= 11 is 0. The minimum Gasteiger partial charge on any atom is -0.264 e. The van der Waals surface area contributed by atoms with E-state index in [0.29, 0.717) is 0 Å². The Morgan fingerprint density at radius 1 is 0.667 bits per heavy atom. The topological polar surface area (TPSA) is 25.8 Å². The van der Waals surface area contributed by atoms with Crippen LogP contribution in [-0.2, 0) is 0 Å². The number of aromatic nitrogens is 2. The van der Waals surface area contributed by atoms with Gasteiger partial charge in [0.05, 0.1) is 5.52 Å². The second kappa shape index (κ2) is 6.14. The first-order valence-corrected chi connectivity index (χ1v) is 6.94. The zero-order chi connectivity index (χ0) is 14.5. The molecule has 2 heteroatoms. The molecule has 0 atom stereocenters. The van der Waals surface area contributed by atoms with Gasteiger partial charge in [-0.05, 0) is 35.9 Å². The van der Waals surface area contributed by atoms with Gasteiger partial charge in [-0.1, -0.05) is 48.5 Å². The molecule has 0 saturated carbocycles. The van der Waals surface area contributed by atoms with Gasteiger partial charge in [0.15, 0.2) is 0 Å². The number of fused-ring (bicyclic) bond motifs is 2. The molecule has 0 saturated heterocycles. The van der Waals surface area contributed by atoms with Gasteiger partial charge >= 0.3 is 0 Å². The Hall–Kier alpha value is -2.74. The van der Waals surface area contributed by atoms with Crippen molar-refractivity contribution >= 4 is 21.7 Å². The highest BCUT2D eigenvalue weighted by molar-refractivity contribution is 5.81. The summed E-state index contributed by atoms with van der Waals surface area (Å²) in [7, 11) is 0. The van der Waals surface area contributed by atoms with Crippen molar-refractivity contribution in [2.24, 2.45) is 0 Å². The number of hydrogen-bond acceptors (Lipinski definition) is 2. The van der Waals surface area contributed by atoms with Crippen LogP contribution in [0.3, 0.4) is 0 Å². The van der Waals surface area contributed by atoms with E-state index in [-0.39, 0.29) is 0 Å². The lowest BCUT2D eigenvalue weighted by Crippen LogP contribution is -1.80. The van der Waals surface area contributed by atoms with Crippen LogP contribution in [-0.4, -0.2) is 9.97 Å². The predicted molar refractivity (Wildman–Crippen MR) is 88.2 cm³/mol. The Balaban J connectivity index is 0.000000126. The van der Waals surface area contributed by atoms with Gasteiger partial charge in [-0.3, -0.25) is 9.97 Å². The first-order valence-electron chi connectivity index (χ1n) is 6.94. The summed E-state index contributed by atoms with van der Waals surface area (Å²) in [6, 6.07) is 22.5. The number of pyridine rings is 2. The maximum absolute atomic E-state index is 4.38. The van der Waals surface area contributed by atoms with Crippen molar-refractivity contribution in [3.63, 3.8) is 0 Å². The van der Waals surface area contributed by atoms with Gasteiger partial charge in [0.1, 0.15) is 0 Å². The van der Waals surface area contributed by atoms with Crippen LogP contribution >= 0.6 is 0 Å². The lowest BCUT2D eigenvalue weighted by Gasteiger charge is -1.95. The number of benzene rings is 2. The predicted octanol–water partition coefficient (Wildman–Crippen LogP) is 4.78. The molecule has 0 amide bonds. The molecule has 0 radical (unpaired) electrons. The van der Waals surface area contributed by atoms with Crippen molar-refractivity contribution in [3.8, 4) is 0 Å². The maximum Gasteiger partial charge on any atom is 0.0705 e. The van der Waals surface area contributed by atoms with Gasteiger partial charge in [0.25, 0.3) is 0 Å². The third-order valence-electron chi connectivity index (χ3n) is 3.29. The molecule has 102 valence electrons. The Kier molecular flexibility index (Phi) is 3.88. The Morgan fingerprint density at radius 2 is 1.38 bits per heavy atom. The van der Waals surface area contributed by atoms with Gasteiger partial charge in [0, 0.05) is 23.5 Å². The Morgan fingerprint density at radius 3 is 2.19 bits per heavy atom. The SMILES string of the molecule is Cc1ccc2ccccc2n1.c1ccc2cnccc2c1. The molecule has 2 nitrogen and oxygen atoms in total. The minimum atomic E-state index is 1.07. The molecule has 21 heavy (non-hydrogen) atoms. The van der Waals surface area contributed by atoms with E-state index in [4.69, 9.17) is 0 Å². The van der Waals surface area contributed by atoms with Crippen molar-refractivity contribution in [3.05, 3.63) is 84.8 Å². The third kappa shape index (κ3) is 3.23. The molecule has 2 aromatic heterocycles. The van der Waals surface area contributed by atoms with Crippen molar-refractivity contribution in [1.82, 2.24) is 9.97 Å². The van der Waals surface area contributed by atoms with Gasteiger partial charge in [0.2, 0.25) is 0 Å². The number of para-hydroxylation sites is 1. The molecule has 4 aromatic rings. The summed E-state index contributed by atoms with van der Waals surface area (Å²) in [5.41, 5.74) is 2.15. The van der Waals surface area contributed by atoms with Crippen molar-refractivity contribution in [2.75, 3.05) is 0 Å². The summed E-state index contributed by atoms with van der Waals surface area (Å²) in [5.74, 6) is 0. The van der Waals surface area contributed by atoms with E-state index in [9.17, 15) is 0 Å². The lowest BCUT2D eigenvalue weighted by molar-refractivity contribution is 1.26. The van der Waals surface area contributed by atoms with Crippen LogP contribution in [0, 0.1) is 6.92 Å². The molecule has 0 spiro atoms. The maximum atomic E-state index is 4.38. The molecule has 4 rings (SSSR count). The quantitative estimate of drug-likeness (QED) is 0.460. The van der Waals surface area contributed by atoms with Gasteiger partial charge < -0.3 is 0 Å². The molecule has 0 unspecified atom stereocenters. The van der Waals surface area contributed by atoms with Gasteiger partial charge in [-0.2, -0.15) is 0 Å². The number of rotatable bonds is 0. The minimum absolute atomic E-state index is 1.07. The molecular formula is C19H16N2. The highest BCUT2D eigenvalue weighted by atomic mass is 14.7. The van der Waals surface area contributed by atoms with E-state index in [0.717, 1.165) is 11.2 Å². The molecule has 0 aliphatic carbocycles. The van der Waals surface area contributed by atoms with Gasteiger partial charge in [-0.25, -0.2) is 0 Å². The first kappa shape index (κ1) is 13.3. The van der Waals surface area contributed by atoms with Crippen LogP contribution in [0.4, 0.5) is 0 Å². The summed E-state index contributed by atoms with van der Waals surface area (Å²) in [6.07, 6.45) is 3.68. The van der Waals surface area contributed by atoms with Crippen LogP contribution in [0.5, 0.6) is 0 Å². The summed E-state index contributed by atoms with van der Waals surface area (Å²) < 4.78 is 0. The molecule has 0 bridgehead atoms. The smallest absolute Gasteiger partial charge is 0.0705 e. The summed E-state index contributed by atoms with van der Waals surface area (Å²) in [4.78, 5) is 8.39. The van der Waals surface area contributed by atoms with Crippen LogP contribution in [0.25, 0.3) is 21.7 Å². The second-order valence-electron chi connectivity index (χ2n) is 4.87. The second-order valence-corrected chi connectivity index (χ2v) is 4.87. The number of nitrogens with zero attached hydrogens (tertiary/aromatic N) is 2. The standard InChI is InChI=1S/C10H9N.C9H7N/c1-8-6-7-9-4-2-3-5-10(9)11-8;1-2-4-9-7-10-6-5-8(9)3-1/h2-7H,1H3;1-7H. The molecule has 2 heterocycles. The number of hydrogen-bond donors (Lipinski definition) is 0. The average molecular weight is 272 g/mol. The van der Waals surface area contributed by atoms with Crippen LogP contribution < -0.4 is 0 Å². The van der Waals surface area contributed by atoms with E-state index >= 15 is 0 Å². The van der Waals surface area contributed by atoms with Gasteiger partial charge in [-0.15, -0.1) is 0 Å². The Bertz CT molecular complexity index is 803. The molecule has 0 N–H and O–H groups in total. The van der Waals surface area contributed by atoms with Crippen LogP contribution in [0.1, 0.15) is 5.69 Å². The van der Waals surface area contributed by atoms with Crippen molar-refractivity contribution < 1.29 is 0 Å². The molecule has 2 aromatic carbocycles. The average Bonchev–Trinajstić information content (AvgIpc) is 2.55. The van der Waals surface area contributed by atoms with Crippen molar-refractivity contribution in [1.29, 1.82) is 0 Å². The van der Waals surface area contributed by atoms with E-state index < -0.39 is 0 Å². The fraction of sp³-hybridized carbons (Fsp3) is 0.0526. The lowest BCUT2D eigenvalue weighted by atomic mass is 10.2. The van der Waals surface area contributed by atoms with Crippen molar-refractivity contribution in [2.45, 2.75) is 6.92 Å². The monoisotopic (exact) mass is 272 g/mol. The highest BCUT2D eigenvalue weighted by Gasteiger charge is 1.91. The zero-order valence-electron chi connectivity index (χ0n) is 11.9. The molecule has 0 aliphatic heterocycles. The fourth-order valence-electron chi connectivity index (χ4n) is 2.19. The molecular weight excluding hydrogens is 256 g/mol. The molecule has 0 aliphatic rings. The summed E-state index contributed by atoms with van der Waals surface area (Å²) in [6.45, 7) is 2.01. The first-order chi connectivity index (χ1) is 10.3. The third-order valence-corrected chi connectivity index (χ3v) is 3.29. The zero-order valence-corrected chi connectivity index (χ0v) is 11.9. The summed E-state index contributed by atoms with van der Waals surface area (Å²) in [5, 5.41) is 3.65. The normalized spacial score (nSPS) is 10.1. The Labute approximate surface area is 124 Å². The van der Waals surface area contributed by atoms with Crippen LogP contribution in [0.15, 0.2) is 79.1 Å². The number of aryl methyl sites for hydroxylation is 1. The van der Waals surface area contributed by atoms with E-state index in [1.165, 1.54) is 16.2 Å². The van der Waals surface area contributed by atoms with E-state index in [1.807, 2.05) is 61.8 Å². The molecule has 0 fully saturated rings. The largest absolute Gasteiger partial charge is 0.264 e.